The Balaban J connectivity index is 2.05. The highest BCUT2D eigenvalue weighted by Gasteiger charge is 2.25. The van der Waals surface area contributed by atoms with E-state index in [4.69, 9.17) is 4.74 Å². The molecule has 0 saturated heterocycles. The van der Waals surface area contributed by atoms with Crippen LogP contribution < -0.4 is 4.74 Å². The van der Waals surface area contributed by atoms with Gasteiger partial charge in [0.05, 0.1) is 7.11 Å². The third-order valence-electron chi connectivity index (χ3n) is 3.72. The molecule has 1 saturated carbocycles. The van der Waals surface area contributed by atoms with Crippen molar-refractivity contribution in [3.05, 3.63) is 42.0 Å². The van der Waals surface area contributed by atoms with Crippen LogP contribution >= 0.6 is 0 Å². The second kappa shape index (κ2) is 4.73. The highest BCUT2D eigenvalue weighted by atomic mass is 16.5. The van der Waals surface area contributed by atoms with Gasteiger partial charge in [0, 0.05) is 0 Å². The Labute approximate surface area is 98.1 Å². The Morgan fingerprint density at radius 2 is 1.94 bits per heavy atom. The summed E-state index contributed by atoms with van der Waals surface area (Å²) < 4.78 is 5.18. The molecule has 2 atom stereocenters. The van der Waals surface area contributed by atoms with Crippen molar-refractivity contribution >= 4 is 0 Å². The van der Waals surface area contributed by atoms with Gasteiger partial charge in [-0.1, -0.05) is 24.3 Å². The quantitative estimate of drug-likeness (QED) is 0.689. The van der Waals surface area contributed by atoms with Gasteiger partial charge in [-0.05, 0) is 55.7 Å². The van der Waals surface area contributed by atoms with Gasteiger partial charge in [-0.25, -0.2) is 0 Å². The Kier molecular flexibility index (Phi) is 3.33. The maximum atomic E-state index is 5.18. The van der Waals surface area contributed by atoms with Gasteiger partial charge in [0.25, 0.3) is 0 Å². The van der Waals surface area contributed by atoms with Crippen LogP contribution in [0.2, 0.25) is 0 Å². The lowest BCUT2D eigenvalue weighted by molar-refractivity contribution is 0.414. The molecule has 1 nitrogen and oxygen atoms in total. The minimum absolute atomic E-state index is 0.715. The van der Waals surface area contributed by atoms with E-state index in [1.807, 2.05) is 0 Å². The van der Waals surface area contributed by atoms with E-state index < -0.39 is 0 Å². The van der Waals surface area contributed by atoms with Crippen LogP contribution in [0.1, 0.15) is 37.7 Å². The van der Waals surface area contributed by atoms with Crippen LogP contribution in [-0.2, 0) is 0 Å². The van der Waals surface area contributed by atoms with E-state index in [0.29, 0.717) is 5.92 Å². The zero-order valence-corrected chi connectivity index (χ0v) is 10.2. The smallest absolute Gasteiger partial charge is 0.118 e. The van der Waals surface area contributed by atoms with E-state index >= 15 is 0 Å². The van der Waals surface area contributed by atoms with Gasteiger partial charge in [-0.2, -0.15) is 0 Å². The molecule has 1 aromatic rings. The first-order chi connectivity index (χ1) is 7.70. The summed E-state index contributed by atoms with van der Waals surface area (Å²) in [7, 11) is 1.71. The summed E-state index contributed by atoms with van der Waals surface area (Å²) in [6.45, 7) is 6.23. The zero-order chi connectivity index (χ0) is 11.5. The molecule has 1 heteroatoms. The Hall–Kier alpha value is -1.24. The topological polar surface area (TPSA) is 9.23 Å². The van der Waals surface area contributed by atoms with E-state index in [0.717, 1.165) is 11.7 Å². The number of ether oxygens (including phenoxy) is 1. The van der Waals surface area contributed by atoms with E-state index in [9.17, 15) is 0 Å². The average Bonchev–Trinajstić information content (AvgIpc) is 2.78. The number of hydrogen-bond donors (Lipinski definition) is 0. The monoisotopic (exact) mass is 216 g/mol. The van der Waals surface area contributed by atoms with Crippen LogP contribution in [-0.4, -0.2) is 7.11 Å². The molecule has 1 unspecified atom stereocenters. The summed E-state index contributed by atoms with van der Waals surface area (Å²) in [6, 6.07) is 8.52. The van der Waals surface area contributed by atoms with Crippen molar-refractivity contribution < 1.29 is 4.74 Å². The fourth-order valence-electron chi connectivity index (χ4n) is 2.61. The third kappa shape index (κ3) is 2.29. The fraction of sp³-hybridized carbons (Fsp3) is 0.467. The number of methoxy groups -OCH3 is 1. The molecule has 0 radical (unpaired) electrons. The molecule has 0 heterocycles. The fourth-order valence-corrected chi connectivity index (χ4v) is 2.61. The van der Waals surface area contributed by atoms with Crippen LogP contribution in [0.3, 0.4) is 0 Å². The summed E-state index contributed by atoms with van der Waals surface area (Å²) in [4.78, 5) is 0. The number of benzene rings is 1. The second-order valence-electron chi connectivity index (χ2n) is 4.83. The predicted octanol–water partition coefficient (Wildman–Crippen LogP) is 4.16. The molecule has 1 aliphatic carbocycles. The van der Waals surface area contributed by atoms with Crippen LogP contribution in [0.15, 0.2) is 36.4 Å². The van der Waals surface area contributed by atoms with Crippen LogP contribution in [0, 0.1) is 5.92 Å². The molecular formula is C15H20O. The first kappa shape index (κ1) is 11.3. The predicted molar refractivity (Wildman–Crippen MR) is 67.9 cm³/mol. The van der Waals surface area contributed by atoms with Crippen molar-refractivity contribution in [2.24, 2.45) is 5.92 Å². The number of rotatable bonds is 3. The maximum Gasteiger partial charge on any atom is 0.118 e. The molecule has 2 rings (SSSR count). The molecule has 0 spiro atoms. The van der Waals surface area contributed by atoms with Gasteiger partial charge in [-0.3, -0.25) is 0 Å². The largest absolute Gasteiger partial charge is 0.497 e. The molecule has 0 amide bonds. The molecule has 0 N–H and O–H groups in total. The minimum Gasteiger partial charge on any atom is -0.497 e. The van der Waals surface area contributed by atoms with E-state index in [1.54, 1.807) is 7.11 Å². The summed E-state index contributed by atoms with van der Waals surface area (Å²) in [5, 5.41) is 0. The van der Waals surface area contributed by atoms with Crippen LogP contribution in [0.5, 0.6) is 5.75 Å². The number of hydrogen-bond acceptors (Lipinski definition) is 1. The lowest BCUT2D eigenvalue weighted by Gasteiger charge is -2.12. The molecule has 16 heavy (non-hydrogen) atoms. The normalized spacial score (nSPS) is 24.4. The third-order valence-corrected chi connectivity index (χ3v) is 3.72. The Morgan fingerprint density at radius 3 is 2.44 bits per heavy atom. The zero-order valence-electron chi connectivity index (χ0n) is 10.2. The molecular weight excluding hydrogens is 196 g/mol. The van der Waals surface area contributed by atoms with Crippen molar-refractivity contribution in [1.29, 1.82) is 0 Å². The van der Waals surface area contributed by atoms with Gasteiger partial charge in [0.1, 0.15) is 5.75 Å². The van der Waals surface area contributed by atoms with Gasteiger partial charge < -0.3 is 4.74 Å². The van der Waals surface area contributed by atoms with Crippen molar-refractivity contribution in [1.82, 2.24) is 0 Å². The first-order valence-electron chi connectivity index (χ1n) is 6.00. The van der Waals surface area contributed by atoms with Gasteiger partial charge in [-0.15, -0.1) is 0 Å². The minimum atomic E-state index is 0.715. The Bertz CT molecular complexity index is 364. The lowest BCUT2D eigenvalue weighted by Crippen LogP contribution is -1.96. The van der Waals surface area contributed by atoms with E-state index in [-0.39, 0.29) is 0 Å². The van der Waals surface area contributed by atoms with Crippen molar-refractivity contribution in [2.75, 3.05) is 7.11 Å². The van der Waals surface area contributed by atoms with Crippen LogP contribution in [0.4, 0.5) is 0 Å². The molecule has 1 fully saturated rings. The summed E-state index contributed by atoms with van der Waals surface area (Å²) in [5.41, 5.74) is 2.79. The molecule has 0 aromatic heterocycles. The van der Waals surface area contributed by atoms with Crippen molar-refractivity contribution in [3.8, 4) is 5.75 Å². The first-order valence-corrected chi connectivity index (χ1v) is 6.00. The van der Waals surface area contributed by atoms with E-state index in [2.05, 4.69) is 37.8 Å². The van der Waals surface area contributed by atoms with Gasteiger partial charge in [0.15, 0.2) is 0 Å². The molecule has 1 aliphatic rings. The highest BCUT2D eigenvalue weighted by molar-refractivity contribution is 5.30. The molecule has 86 valence electrons. The van der Waals surface area contributed by atoms with Crippen molar-refractivity contribution in [2.45, 2.75) is 32.1 Å². The number of allylic oxidation sites excluding steroid dienone is 1. The van der Waals surface area contributed by atoms with Gasteiger partial charge in [0.2, 0.25) is 0 Å². The molecule has 0 aliphatic heterocycles. The lowest BCUT2D eigenvalue weighted by atomic mass is 9.94. The summed E-state index contributed by atoms with van der Waals surface area (Å²) in [6.07, 6.45) is 3.86. The summed E-state index contributed by atoms with van der Waals surface area (Å²) >= 11 is 0. The van der Waals surface area contributed by atoms with E-state index in [1.165, 1.54) is 30.4 Å². The van der Waals surface area contributed by atoms with Crippen molar-refractivity contribution in [3.63, 3.8) is 0 Å². The van der Waals surface area contributed by atoms with Gasteiger partial charge >= 0.3 is 0 Å². The average molecular weight is 216 g/mol. The maximum absolute atomic E-state index is 5.18. The second-order valence-corrected chi connectivity index (χ2v) is 4.83. The SMILES string of the molecule is C=C(C)[C@H]1CCC(c2ccc(OC)cc2)C1. The summed E-state index contributed by atoms with van der Waals surface area (Å²) in [5.74, 6) is 2.39. The molecule has 0 bridgehead atoms. The Morgan fingerprint density at radius 1 is 1.25 bits per heavy atom. The highest BCUT2D eigenvalue weighted by Crippen LogP contribution is 2.41. The standard InChI is InChI=1S/C15H20O/c1-11(2)13-4-5-14(10-13)12-6-8-15(16-3)9-7-12/h6-9,13-14H,1,4-5,10H2,2-3H3/t13-,14?/m0/s1. The molecule has 1 aromatic carbocycles. The van der Waals surface area contributed by atoms with Crippen LogP contribution in [0.25, 0.3) is 0 Å².